The lowest BCUT2D eigenvalue weighted by Gasteiger charge is -2.21. The third kappa shape index (κ3) is 0.737. The minimum Gasteiger partial charge on any atom is -0.479 e. The summed E-state index contributed by atoms with van der Waals surface area (Å²) in [6.07, 6.45) is 4.47. The van der Waals surface area contributed by atoms with Gasteiger partial charge >= 0.3 is 5.97 Å². The van der Waals surface area contributed by atoms with Crippen LogP contribution in [0.4, 0.5) is 4.39 Å². The van der Waals surface area contributed by atoms with E-state index < -0.39 is 11.6 Å². The summed E-state index contributed by atoms with van der Waals surface area (Å²) >= 11 is 0. The molecule has 1 saturated carbocycles. The summed E-state index contributed by atoms with van der Waals surface area (Å²) in [6, 6.07) is 0. The van der Waals surface area contributed by atoms with Crippen LogP contribution in [0.2, 0.25) is 0 Å². The van der Waals surface area contributed by atoms with Gasteiger partial charge in [-0.05, 0) is 18.8 Å². The van der Waals surface area contributed by atoms with Gasteiger partial charge in [0.1, 0.15) is 0 Å². The molecule has 0 aromatic heterocycles. The Morgan fingerprint density at radius 3 is 2.64 bits per heavy atom. The van der Waals surface area contributed by atoms with Gasteiger partial charge in [0.15, 0.2) is 0 Å². The highest BCUT2D eigenvalue weighted by molar-refractivity contribution is 5.79. The Labute approximate surface area is 63.7 Å². The molecule has 3 heteroatoms. The van der Waals surface area contributed by atoms with Crippen molar-refractivity contribution in [2.45, 2.75) is 18.5 Å². The van der Waals surface area contributed by atoms with Gasteiger partial charge in [0.2, 0.25) is 5.67 Å². The lowest BCUT2D eigenvalue weighted by molar-refractivity contribution is -0.152. The molecule has 1 fully saturated rings. The first-order chi connectivity index (χ1) is 5.13. The lowest BCUT2D eigenvalue weighted by atomic mass is 9.90. The summed E-state index contributed by atoms with van der Waals surface area (Å²) in [5.74, 6) is -1.50. The Balaban J connectivity index is 2.30. The molecule has 0 aliphatic heterocycles. The molecule has 1 N–H and O–H groups in total. The van der Waals surface area contributed by atoms with E-state index in [1.807, 2.05) is 6.08 Å². The molecule has 0 heterocycles. The molecule has 3 atom stereocenters. The fourth-order valence-corrected chi connectivity index (χ4v) is 2.04. The molecule has 0 spiro atoms. The number of carboxylic acid groups (broad SMARTS) is 1. The Hall–Kier alpha value is -0.860. The number of hydrogen-bond acceptors (Lipinski definition) is 1. The Morgan fingerprint density at radius 2 is 2.36 bits per heavy atom. The Kier molecular flexibility index (Phi) is 1.14. The predicted molar refractivity (Wildman–Crippen MR) is 36.8 cm³/mol. The molecule has 2 aliphatic rings. The Bertz CT molecular complexity index is 236. The van der Waals surface area contributed by atoms with Crippen LogP contribution in [0.25, 0.3) is 0 Å². The number of carbonyl (C=O) groups is 1. The molecular weight excluding hydrogens is 147 g/mol. The summed E-state index contributed by atoms with van der Waals surface area (Å²) in [7, 11) is 0. The third-order valence-corrected chi connectivity index (χ3v) is 2.67. The molecule has 2 rings (SSSR count). The van der Waals surface area contributed by atoms with Gasteiger partial charge < -0.3 is 5.11 Å². The summed E-state index contributed by atoms with van der Waals surface area (Å²) in [5, 5.41) is 8.59. The minimum absolute atomic E-state index is 0.168. The van der Waals surface area contributed by atoms with Gasteiger partial charge in [-0.15, -0.1) is 0 Å². The third-order valence-electron chi connectivity index (χ3n) is 2.67. The number of fused-ring (bicyclic) bond motifs is 2. The van der Waals surface area contributed by atoms with Crippen molar-refractivity contribution < 1.29 is 14.3 Å². The summed E-state index contributed by atoms with van der Waals surface area (Å²) in [4.78, 5) is 10.5. The van der Waals surface area contributed by atoms with E-state index in [9.17, 15) is 9.18 Å². The van der Waals surface area contributed by atoms with Crippen LogP contribution in [0.5, 0.6) is 0 Å². The summed E-state index contributed by atoms with van der Waals surface area (Å²) in [5.41, 5.74) is -1.96. The quantitative estimate of drug-likeness (QED) is 0.582. The average molecular weight is 156 g/mol. The van der Waals surface area contributed by atoms with E-state index in [-0.39, 0.29) is 18.3 Å². The number of hydrogen-bond donors (Lipinski definition) is 1. The van der Waals surface area contributed by atoms with Gasteiger partial charge in [0, 0.05) is 5.92 Å². The predicted octanol–water partition coefficient (Wildman–Crippen LogP) is 1.38. The molecule has 0 amide bonds. The zero-order valence-corrected chi connectivity index (χ0v) is 5.96. The van der Waals surface area contributed by atoms with Crippen LogP contribution < -0.4 is 0 Å². The maximum Gasteiger partial charge on any atom is 0.342 e. The van der Waals surface area contributed by atoms with Crippen molar-refractivity contribution in [3.8, 4) is 0 Å². The largest absolute Gasteiger partial charge is 0.479 e. The second-order valence-corrected chi connectivity index (χ2v) is 3.36. The first kappa shape index (κ1) is 6.83. The number of alkyl halides is 1. The number of carboxylic acids is 1. The molecule has 0 radical (unpaired) electrons. The lowest BCUT2D eigenvalue weighted by Crippen LogP contribution is -2.37. The second kappa shape index (κ2) is 1.84. The smallest absolute Gasteiger partial charge is 0.342 e. The highest BCUT2D eigenvalue weighted by Crippen LogP contribution is 2.48. The van der Waals surface area contributed by atoms with Crippen LogP contribution >= 0.6 is 0 Å². The maximum absolute atomic E-state index is 13.5. The molecule has 2 nitrogen and oxygen atoms in total. The van der Waals surface area contributed by atoms with Crippen LogP contribution in [0, 0.1) is 11.8 Å². The number of aliphatic carboxylic acids is 1. The normalized spacial score (nSPS) is 46.6. The fourth-order valence-electron chi connectivity index (χ4n) is 2.04. The first-order valence-electron chi connectivity index (χ1n) is 3.73. The standard InChI is InChI=1S/C8H9FO2/c9-8(7(10)11)4-5-1-2-6(8)3-5/h1-2,5-6H,3-4H2,(H,10,11)/t5-,6-,8-/m0/s1. The summed E-state index contributed by atoms with van der Waals surface area (Å²) < 4.78 is 13.5. The molecule has 0 unspecified atom stereocenters. The summed E-state index contributed by atoms with van der Waals surface area (Å²) in [6.45, 7) is 0. The van der Waals surface area contributed by atoms with E-state index in [0.717, 1.165) is 0 Å². The van der Waals surface area contributed by atoms with E-state index in [1.165, 1.54) is 0 Å². The topological polar surface area (TPSA) is 37.3 Å². The van der Waals surface area contributed by atoms with Crippen LogP contribution in [0.3, 0.4) is 0 Å². The van der Waals surface area contributed by atoms with Crippen LogP contribution in [0.1, 0.15) is 12.8 Å². The van der Waals surface area contributed by atoms with Crippen molar-refractivity contribution in [3.63, 3.8) is 0 Å². The average Bonchev–Trinajstić information content (AvgIpc) is 2.45. The van der Waals surface area contributed by atoms with Crippen LogP contribution in [-0.4, -0.2) is 16.7 Å². The van der Waals surface area contributed by atoms with Crippen molar-refractivity contribution in [2.75, 3.05) is 0 Å². The van der Waals surface area contributed by atoms with Crippen LogP contribution in [-0.2, 0) is 4.79 Å². The highest BCUT2D eigenvalue weighted by atomic mass is 19.1. The van der Waals surface area contributed by atoms with Gasteiger partial charge in [0.05, 0.1) is 0 Å². The molecule has 2 bridgehead atoms. The van der Waals surface area contributed by atoms with Crippen molar-refractivity contribution in [1.82, 2.24) is 0 Å². The van der Waals surface area contributed by atoms with Crippen LogP contribution in [0.15, 0.2) is 12.2 Å². The van der Waals surface area contributed by atoms with Gasteiger partial charge in [-0.2, -0.15) is 0 Å². The minimum atomic E-state index is -1.96. The van der Waals surface area contributed by atoms with Gasteiger partial charge in [-0.1, -0.05) is 12.2 Å². The Morgan fingerprint density at radius 1 is 1.64 bits per heavy atom. The first-order valence-corrected chi connectivity index (χ1v) is 3.73. The van der Waals surface area contributed by atoms with E-state index in [1.54, 1.807) is 6.08 Å². The molecule has 11 heavy (non-hydrogen) atoms. The second-order valence-electron chi connectivity index (χ2n) is 3.36. The van der Waals surface area contributed by atoms with E-state index in [4.69, 9.17) is 5.11 Å². The number of rotatable bonds is 1. The molecule has 2 aliphatic carbocycles. The van der Waals surface area contributed by atoms with Crippen molar-refractivity contribution in [2.24, 2.45) is 11.8 Å². The molecule has 0 saturated heterocycles. The molecular formula is C8H9FO2. The van der Waals surface area contributed by atoms with Crippen molar-refractivity contribution in [1.29, 1.82) is 0 Å². The monoisotopic (exact) mass is 156 g/mol. The molecule has 0 aromatic carbocycles. The highest BCUT2D eigenvalue weighted by Gasteiger charge is 2.54. The SMILES string of the molecule is O=C(O)[C@]1(F)C[C@H]2C=C[C@H]1C2. The maximum atomic E-state index is 13.5. The fraction of sp³-hybridized carbons (Fsp3) is 0.625. The number of halogens is 1. The van der Waals surface area contributed by atoms with Gasteiger partial charge in [-0.3, -0.25) is 0 Å². The number of allylic oxidation sites excluding steroid dienone is 2. The zero-order chi connectivity index (χ0) is 8.06. The van der Waals surface area contributed by atoms with Crippen molar-refractivity contribution in [3.05, 3.63) is 12.2 Å². The molecule has 0 aromatic rings. The van der Waals surface area contributed by atoms with E-state index in [0.29, 0.717) is 6.42 Å². The zero-order valence-electron chi connectivity index (χ0n) is 5.96. The van der Waals surface area contributed by atoms with E-state index in [2.05, 4.69) is 0 Å². The van der Waals surface area contributed by atoms with Gasteiger partial charge in [0.25, 0.3) is 0 Å². The van der Waals surface area contributed by atoms with Crippen molar-refractivity contribution >= 4 is 5.97 Å². The van der Waals surface area contributed by atoms with E-state index >= 15 is 0 Å². The molecule has 60 valence electrons. The van der Waals surface area contributed by atoms with Gasteiger partial charge in [-0.25, -0.2) is 9.18 Å².